The van der Waals surface area contributed by atoms with Crippen LogP contribution in [0, 0.1) is 5.41 Å². The molecule has 0 aromatic heterocycles. The molecule has 14 heavy (non-hydrogen) atoms. The predicted molar refractivity (Wildman–Crippen MR) is 64.6 cm³/mol. The van der Waals surface area contributed by atoms with Gasteiger partial charge in [-0.05, 0) is 38.4 Å². The third-order valence-electron chi connectivity index (χ3n) is 3.51. The Kier molecular flexibility index (Phi) is 3.14. The van der Waals surface area contributed by atoms with E-state index in [2.05, 4.69) is 16.8 Å². The van der Waals surface area contributed by atoms with Crippen molar-refractivity contribution in [3.63, 3.8) is 0 Å². The first-order chi connectivity index (χ1) is 6.60. The lowest BCUT2D eigenvalue weighted by molar-refractivity contribution is -0.115. The molecule has 2 aliphatic heterocycles. The number of halogens is 1. The molecule has 2 saturated heterocycles. The fourth-order valence-corrected chi connectivity index (χ4v) is 3.08. The maximum atomic E-state index is 10.9. The van der Waals surface area contributed by atoms with Crippen molar-refractivity contribution in [1.29, 1.82) is 0 Å². The largest absolute Gasteiger partial charge is 0.306 e. The summed E-state index contributed by atoms with van der Waals surface area (Å²) in [7, 11) is 2.19. The van der Waals surface area contributed by atoms with Gasteiger partial charge in [-0.25, -0.2) is 0 Å². The average Bonchev–Trinajstić information content (AvgIpc) is 2.05. The van der Waals surface area contributed by atoms with E-state index in [0.717, 1.165) is 13.1 Å². The van der Waals surface area contributed by atoms with Crippen molar-refractivity contribution < 1.29 is 4.79 Å². The highest BCUT2D eigenvalue weighted by molar-refractivity contribution is 14.1. The number of carbonyl (C=O) groups is 1. The average molecular weight is 308 g/mol. The Bertz CT molecular complexity index is 228. The van der Waals surface area contributed by atoms with Crippen molar-refractivity contribution in [2.45, 2.75) is 12.8 Å². The summed E-state index contributed by atoms with van der Waals surface area (Å²) in [5.41, 5.74) is 0.568. The first-order valence-electron chi connectivity index (χ1n) is 5.19. The number of carbonyl (C=O) groups excluding carboxylic acids is 1. The molecular formula is C10H17IN2O. The molecule has 0 radical (unpaired) electrons. The summed E-state index contributed by atoms with van der Waals surface area (Å²) in [6, 6.07) is 0. The zero-order chi connectivity index (χ0) is 10.2. The minimum Gasteiger partial charge on any atom is -0.306 e. The molecule has 2 heterocycles. The smallest absolute Gasteiger partial charge is 0.206 e. The normalized spacial score (nSPS) is 27.6. The Labute approximate surface area is 99.0 Å². The maximum Gasteiger partial charge on any atom is 0.206 e. The van der Waals surface area contributed by atoms with Crippen molar-refractivity contribution in [2.24, 2.45) is 5.41 Å². The predicted octanol–water partition coefficient (Wildman–Crippen LogP) is 0.976. The second-order valence-corrected chi connectivity index (χ2v) is 6.01. The SMILES string of the molecule is CN1CCC2(CC1)CN(CC(=O)I)C2. The Balaban J connectivity index is 1.78. The zero-order valence-electron chi connectivity index (χ0n) is 8.63. The van der Waals surface area contributed by atoms with Crippen LogP contribution in [-0.2, 0) is 4.79 Å². The lowest BCUT2D eigenvalue weighted by atomic mass is 9.72. The molecule has 3 nitrogen and oxygen atoms in total. The Hall–Kier alpha value is 0.320. The summed E-state index contributed by atoms with van der Waals surface area (Å²) >= 11 is 1.89. The van der Waals surface area contributed by atoms with Gasteiger partial charge in [0.2, 0.25) is 3.79 Å². The van der Waals surface area contributed by atoms with Gasteiger partial charge >= 0.3 is 0 Å². The van der Waals surface area contributed by atoms with E-state index >= 15 is 0 Å². The van der Waals surface area contributed by atoms with Gasteiger partial charge in [0.05, 0.1) is 6.54 Å². The minimum absolute atomic E-state index is 0.269. The molecule has 2 fully saturated rings. The van der Waals surface area contributed by atoms with Gasteiger partial charge in [0.15, 0.2) is 0 Å². The first kappa shape index (κ1) is 10.8. The number of hydrogen-bond donors (Lipinski definition) is 0. The van der Waals surface area contributed by atoms with Crippen LogP contribution in [0.1, 0.15) is 12.8 Å². The maximum absolute atomic E-state index is 10.9. The van der Waals surface area contributed by atoms with Crippen molar-refractivity contribution in [2.75, 3.05) is 39.8 Å². The second-order valence-electron chi connectivity index (χ2n) is 4.80. The first-order valence-corrected chi connectivity index (χ1v) is 6.27. The van der Waals surface area contributed by atoms with E-state index in [-0.39, 0.29) is 3.79 Å². The van der Waals surface area contributed by atoms with E-state index in [0.29, 0.717) is 12.0 Å². The van der Waals surface area contributed by atoms with E-state index in [1.807, 2.05) is 22.6 Å². The number of rotatable bonds is 2. The number of hydrogen-bond acceptors (Lipinski definition) is 3. The van der Waals surface area contributed by atoms with E-state index < -0.39 is 0 Å². The topological polar surface area (TPSA) is 23.6 Å². The molecule has 0 amide bonds. The molecular weight excluding hydrogens is 291 g/mol. The second kappa shape index (κ2) is 4.06. The molecule has 0 unspecified atom stereocenters. The molecule has 80 valence electrons. The van der Waals surface area contributed by atoms with Crippen LogP contribution in [0.5, 0.6) is 0 Å². The van der Waals surface area contributed by atoms with Gasteiger partial charge in [-0.2, -0.15) is 0 Å². The van der Waals surface area contributed by atoms with Crippen LogP contribution in [0.4, 0.5) is 0 Å². The summed E-state index contributed by atoms with van der Waals surface area (Å²) < 4.78 is 0.269. The summed E-state index contributed by atoms with van der Waals surface area (Å²) in [5, 5.41) is 0. The van der Waals surface area contributed by atoms with Crippen LogP contribution in [0.25, 0.3) is 0 Å². The van der Waals surface area contributed by atoms with Gasteiger partial charge in [0.25, 0.3) is 0 Å². The number of piperidine rings is 1. The molecule has 0 saturated carbocycles. The Morgan fingerprint density at radius 3 is 2.43 bits per heavy atom. The molecule has 0 bridgehead atoms. The molecule has 0 N–H and O–H groups in total. The van der Waals surface area contributed by atoms with E-state index in [1.54, 1.807) is 0 Å². The van der Waals surface area contributed by atoms with E-state index in [1.165, 1.54) is 25.9 Å². The van der Waals surface area contributed by atoms with Gasteiger partial charge in [-0.1, -0.05) is 0 Å². The van der Waals surface area contributed by atoms with Crippen LogP contribution in [0.2, 0.25) is 0 Å². The van der Waals surface area contributed by atoms with Crippen LogP contribution >= 0.6 is 22.6 Å². The number of likely N-dealkylation sites (tertiary alicyclic amines) is 2. The fraction of sp³-hybridized carbons (Fsp3) is 0.900. The highest BCUT2D eigenvalue weighted by atomic mass is 127. The van der Waals surface area contributed by atoms with Crippen LogP contribution < -0.4 is 0 Å². The van der Waals surface area contributed by atoms with Crippen molar-refractivity contribution in [1.82, 2.24) is 9.80 Å². The van der Waals surface area contributed by atoms with Crippen molar-refractivity contribution in [3.05, 3.63) is 0 Å². The summed E-state index contributed by atoms with van der Waals surface area (Å²) in [6.07, 6.45) is 2.63. The summed E-state index contributed by atoms with van der Waals surface area (Å²) in [5.74, 6) is 0. The van der Waals surface area contributed by atoms with Crippen LogP contribution in [0.15, 0.2) is 0 Å². The third kappa shape index (κ3) is 2.28. The quantitative estimate of drug-likeness (QED) is 0.561. The standard InChI is InChI=1S/C10H17IN2O/c1-12-4-2-10(3-5-12)7-13(8-10)6-9(11)14/h2-8H2,1H3. The van der Waals surface area contributed by atoms with Gasteiger partial charge < -0.3 is 4.90 Å². The van der Waals surface area contributed by atoms with Crippen LogP contribution in [0.3, 0.4) is 0 Å². The fourth-order valence-electron chi connectivity index (χ4n) is 2.60. The highest BCUT2D eigenvalue weighted by Crippen LogP contribution is 2.39. The molecule has 0 aromatic carbocycles. The summed E-state index contributed by atoms with van der Waals surface area (Å²) in [4.78, 5) is 15.6. The lowest BCUT2D eigenvalue weighted by Crippen LogP contribution is -2.60. The van der Waals surface area contributed by atoms with E-state index in [4.69, 9.17) is 0 Å². The van der Waals surface area contributed by atoms with Crippen molar-refractivity contribution in [3.8, 4) is 0 Å². The molecule has 2 rings (SSSR count). The summed E-state index contributed by atoms with van der Waals surface area (Å²) in [6.45, 7) is 5.40. The van der Waals surface area contributed by atoms with Gasteiger partial charge in [-0.3, -0.25) is 9.69 Å². The molecule has 2 aliphatic rings. The molecule has 4 heteroatoms. The zero-order valence-corrected chi connectivity index (χ0v) is 10.8. The molecule has 0 aliphatic carbocycles. The van der Waals surface area contributed by atoms with Gasteiger partial charge in [0, 0.05) is 35.7 Å². The number of nitrogens with zero attached hydrogens (tertiary/aromatic N) is 2. The lowest BCUT2D eigenvalue weighted by Gasteiger charge is -2.53. The van der Waals surface area contributed by atoms with Crippen LogP contribution in [-0.4, -0.2) is 53.4 Å². The molecule has 0 atom stereocenters. The Morgan fingerprint density at radius 1 is 1.36 bits per heavy atom. The Morgan fingerprint density at radius 2 is 1.93 bits per heavy atom. The minimum atomic E-state index is 0.269. The third-order valence-corrected chi connectivity index (χ3v) is 3.85. The van der Waals surface area contributed by atoms with Gasteiger partial charge in [-0.15, -0.1) is 0 Å². The van der Waals surface area contributed by atoms with E-state index in [9.17, 15) is 4.79 Å². The van der Waals surface area contributed by atoms with Crippen molar-refractivity contribution >= 4 is 26.4 Å². The molecule has 0 aromatic rings. The monoisotopic (exact) mass is 308 g/mol. The highest BCUT2D eigenvalue weighted by Gasteiger charge is 2.44. The molecule has 1 spiro atoms. The van der Waals surface area contributed by atoms with Gasteiger partial charge in [0.1, 0.15) is 0 Å².